The number of halogens is 1. The molecule has 0 aromatic heterocycles. The standard InChI is InChI=1S/C15H12BrNO2/c1-18-13-6-7-15(14(16)8-13)19-10-12-5-3-2-4-11(12)9-17/h2-8H,10H2,1H3. The van der Waals surface area contributed by atoms with Crippen molar-refractivity contribution in [3.63, 3.8) is 0 Å². The number of nitriles is 1. The minimum Gasteiger partial charge on any atom is -0.497 e. The predicted molar refractivity (Wildman–Crippen MR) is 76.2 cm³/mol. The first kappa shape index (κ1) is 13.4. The fourth-order valence-corrected chi connectivity index (χ4v) is 2.11. The van der Waals surface area contributed by atoms with Gasteiger partial charge in [-0.15, -0.1) is 0 Å². The summed E-state index contributed by atoms with van der Waals surface area (Å²) in [7, 11) is 1.62. The lowest BCUT2D eigenvalue weighted by Crippen LogP contribution is -1.98. The maximum absolute atomic E-state index is 9.01. The number of hydrogen-bond donors (Lipinski definition) is 0. The molecule has 4 heteroatoms. The van der Waals surface area contributed by atoms with Gasteiger partial charge in [-0.3, -0.25) is 0 Å². The van der Waals surface area contributed by atoms with Crippen LogP contribution in [0.1, 0.15) is 11.1 Å². The van der Waals surface area contributed by atoms with Gasteiger partial charge in [-0.2, -0.15) is 5.26 Å². The Morgan fingerprint density at radius 3 is 2.68 bits per heavy atom. The summed E-state index contributed by atoms with van der Waals surface area (Å²) in [6, 6.07) is 15.0. The fourth-order valence-electron chi connectivity index (χ4n) is 1.64. The summed E-state index contributed by atoms with van der Waals surface area (Å²) in [6.45, 7) is 0.356. The predicted octanol–water partition coefficient (Wildman–Crippen LogP) is 3.91. The van der Waals surface area contributed by atoms with E-state index in [4.69, 9.17) is 14.7 Å². The number of methoxy groups -OCH3 is 1. The highest BCUT2D eigenvalue weighted by Crippen LogP contribution is 2.29. The Kier molecular flexibility index (Phi) is 4.43. The van der Waals surface area contributed by atoms with E-state index in [9.17, 15) is 0 Å². The number of nitrogens with zero attached hydrogens (tertiary/aromatic N) is 1. The van der Waals surface area contributed by atoms with Crippen LogP contribution in [0.15, 0.2) is 46.9 Å². The first-order valence-corrected chi connectivity index (χ1v) is 6.48. The Hall–Kier alpha value is -1.99. The second-order valence-corrected chi connectivity index (χ2v) is 4.71. The third kappa shape index (κ3) is 3.27. The van der Waals surface area contributed by atoms with Gasteiger partial charge in [0.1, 0.15) is 18.1 Å². The molecule has 0 heterocycles. The Labute approximate surface area is 120 Å². The van der Waals surface area contributed by atoms with Gasteiger partial charge in [0.25, 0.3) is 0 Å². The monoisotopic (exact) mass is 317 g/mol. The van der Waals surface area contributed by atoms with Crippen LogP contribution in [-0.4, -0.2) is 7.11 Å². The molecule has 0 bridgehead atoms. The molecule has 2 aromatic rings. The Bertz CT molecular complexity index is 620. The zero-order valence-corrected chi connectivity index (χ0v) is 12.0. The molecule has 0 saturated heterocycles. The van der Waals surface area contributed by atoms with Gasteiger partial charge in [-0.05, 0) is 40.2 Å². The van der Waals surface area contributed by atoms with E-state index in [1.807, 2.05) is 36.4 Å². The van der Waals surface area contributed by atoms with E-state index >= 15 is 0 Å². The summed E-state index contributed by atoms with van der Waals surface area (Å²) in [6.07, 6.45) is 0. The molecule has 0 radical (unpaired) electrons. The van der Waals surface area contributed by atoms with E-state index < -0.39 is 0 Å². The molecule has 0 unspecified atom stereocenters. The van der Waals surface area contributed by atoms with Crippen molar-refractivity contribution < 1.29 is 9.47 Å². The van der Waals surface area contributed by atoms with Crippen molar-refractivity contribution in [1.82, 2.24) is 0 Å². The van der Waals surface area contributed by atoms with Gasteiger partial charge < -0.3 is 9.47 Å². The van der Waals surface area contributed by atoms with Crippen molar-refractivity contribution in [2.75, 3.05) is 7.11 Å². The van der Waals surface area contributed by atoms with Crippen LogP contribution in [0.25, 0.3) is 0 Å². The highest BCUT2D eigenvalue weighted by atomic mass is 79.9. The lowest BCUT2D eigenvalue weighted by Gasteiger charge is -2.10. The molecule has 0 N–H and O–H groups in total. The highest BCUT2D eigenvalue weighted by Gasteiger charge is 2.05. The quantitative estimate of drug-likeness (QED) is 0.858. The van der Waals surface area contributed by atoms with Crippen LogP contribution in [0.5, 0.6) is 11.5 Å². The van der Waals surface area contributed by atoms with Gasteiger partial charge in [0.2, 0.25) is 0 Å². The molecular weight excluding hydrogens is 306 g/mol. The molecule has 0 aliphatic carbocycles. The second-order valence-electron chi connectivity index (χ2n) is 3.85. The Balaban J connectivity index is 2.13. The molecular formula is C15H12BrNO2. The number of hydrogen-bond acceptors (Lipinski definition) is 3. The molecule has 0 aliphatic heterocycles. The van der Waals surface area contributed by atoms with Crippen LogP contribution >= 0.6 is 15.9 Å². The molecule has 3 nitrogen and oxygen atoms in total. The summed E-state index contributed by atoms with van der Waals surface area (Å²) >= 11 is 3.43. The topological polar surface area (TPSA) is 42.2 Å². The van der Waals surface area contributed by atoms with E-state index in [1.165, 1.54) is 0 Å². The first-order valence-electron chi connectivity index (χ1n) is 5.69. The summed E-state index contributed by atoms with van der Waals surface area (Å²) in [5.41, 5.74) is 1.50. The molecule has 0 saturated carbocycles. The molecule has 0 aliphatic rings. The summed E-state index contributed by atoms with van der Waals surface area (Å²) in [5.74, 6) is 1.48. The zero-order valence-electron chi connectivity index (χ0n) is 10.4. The number of benzene rings is 2. The van der Waals surface area contributed by atoms with Crippen molar-refractivity contribution in [2.24, 2.45) is 0 Å². The van der Waals surface area contributed by atoms with Gasteiger partial charge in [-0.1, -0.05) is 18.2 Å². The van der Waals surface area contributed by atoms with Crippen LogP contribution in [-0.2, 0) is 6.61 Å². The summed E-state index contributed by atoms with van der Waals surface area (Å²) in [5, 5.41) is 9.01. The minimum absolute atomic E-state index is 0.356. The van der Waals surface area contributed by atoms with Gasteiger partial charge >= 0.3 is 0 Å². The molecule has 2 aromatic carbocycles. The van der Waals surface area contributed by atoms with Crippen molar-refractivity contribution in [1.29, 1.82) is 5.26 Å². The van der Waals surface area contributed by atoms with Gasteiger partial charge in [0.05, 0.1) is 23.2 Å². The Morgan fingerprint density at radius 2 is 2.00 bits per heavy atom. The van der Waals surface area contributed by atoms with Crippen molar-refractivity contribution in [3.05, 3.63) is 58.1 Å². The SMILES string of the molecule is COc1ccc(OCc2ccccc2C#N)c(Br)c1. The molecule has 0 spiro atoms. The van der Waals surface area contributed by atoms with Crippen LogP contribution < -0.4 is 9.47 Å². The number of ether oxygens (including phenoxy) is 2. The number of rotatable bonds is 4. The van der Waals surface area contributed by atoms with Crippen LogP contribution in [0, 0.1) is 11.3 Å². The van der Waals surface area contributed by atoms with E-state index in [1.54, 1.807) is 13.2 Å². The fraction of sp³-hybridized carbons (Fsp3) is 0.133. The van der Waals surface area contributed by atoms with Crippen LogP contribution in [0.2, 0.25) is 0 Å². The molecule has 0 amide bonds. The van der Waals surface area contributed by atoms with Crippen LogP contribution in [0.3, 0.4) is 0 Å². The lowest BCUT2D eigenvalue weighted by atomic mass is 10.1. The van der Waals surface area contributed by atoms with E-state index in [0.717, 1.165) is 15.8 Å². The van der Waals surface area contributed by atoms with Crippen molar-refractivity contribution >= 4 is 15.9 Å². The smallest absolute Gasteiger partial charge is 0.134 e. The third-order valence-corrected chi connectivity index (χ3v) is 3.28. The molecule has 19 heavy (non-hydrogen) atoms. The molecule has 0 fully saturated rings. The lowest BCUT2D eigenvalue weighted by molar-refractivity contribution is 0.303. The molecule has 2 rings (SSSR count). The van der Waals surface area contributed by atoms with Crippen molar-refractivity contribution in [2.45, 2.75) is 6.61 Å². The van der Waals surface area contributed by atoms with Gasteiger partial charge in [-0.25, -0.2) is 0 Å². The third-order valence-electron chi connectivity index (χ3n) is 2.66. The van der Waals surface area contributed by atoms with Gasteiger partial charge in [0, 0.05) is 5.56 Å². The summed E-state index contributed by atoms with van der Waals surface area (Å²) < 4.78 is 11.7. The Morgan fingerprint density at radius 1 is 1.21 bits per heavy atom. The first-order chi connectivity index (χ1) is 9.24. The van der Waals surface area contributed by atoms with E-state index in [0.29, 0.717) is 17.9 Å². The minimum atomic E-state index is 0.356. The van der Waals surface area contributed by atoms with E-state index in [2.05, 4.69) is 22.0 Å². The zero-order chi connectivity index (χ0) is 13.7. The van der Waals surface area contributed by atoms with Crippen LogP contribution in [0.4, 0.5) is 0 Å². The second kappa shape index (κ2) is 6.26. The average Bonchev–Trinajstić information content (AvgIpc) is 2.46. The maximum Gasteiger partial charge on any atom is 0.134 e. The normalized spacial score (nSPS) is 9.74. The van der Waals surface area contributed by atoms with Crippen molar-refractivity contribution in [3.8, 4) is 17.6 Å². The molecule has 96 valence electrons. The van der Waals surface area contributed by atoms with E-state index in [-0.39, 0.29) is 0 Å². The maximum atomic E-state index is 9.01. The average molecular weight is 318 g/mol. The van der Waals surface area contributed by atoms with Gasteiger partial charge in [0.15, 0.2) is 0 Å². The largest absolute Gasteiger partial charge is 0.497 e. The highest BCUT2D eigenvalue weighted by molar-refractivity contribution is 9.10. The summed E-state index contributed by atoms with van der Waals surface area (Å²) in [4.78, 5) is 0. The molecule has 0 atom stereocenters.